The zero-order valence-corrected chi connectivity index (χ0v) is 14.9. The van der Waals surface area contributed by atoms with Gasteiger partial charge in [0.15, 0.2) is 6.10 Å². The maximum Gasteiger partial charge on any atom is 0.265 e. The molecule has 5 heteroatoms. The van der Waals surface area contributed by atoms with Gasteiger partial charge in [-0.2, -0.15) is 0 Å². The Kier molecular flexibility index (Phi) is 5.65. The lowest BCUT2D eigenvalue weighted by molar-refractivity contribution is -0.122. The number of amides is 1. The molecule has 1 atom stereocenters. The van der Waals surface area contributed by atoms with Gasteiger partial charge in [-0.05, 0) is 78.4 Å². The molecule has 0 bridgehead atoms. The Labute approximate surface area is 144 Å². The minimum atomic E-state index is -0.606. The van der Waals surface area contributed by atoms with E-state index < -0.39 is 6.10 Å². The van der Waals surface area contributed by atoms with E-state index in [1.807, 2.05) is 49.4 Å². The Balaban J connectivity index is 2.05. The number of carbonyl (C=O) groups excluding carboxylic acids is 1. The molecule has 0 spiro atoms. The summed E-state index contributed by atoms with van der Waals surface area (Å²) < 4.78 is 12.0. The van der Waals surface area contributed by atoms with E-state index in [0.29, 0.717) is 17.2 Å². The van der Waals surface area contributed by atoms with Crippen molar-refractivity contribution in [3.63, 3.8) is 0 Å². The van der Waals surface area contributed by atoms with Gasteiger partial charge in [-0.25, -0.2) is 0 Å². The Morgan fingerprint density at radius 3 is 2.50 bits per heavy atom. The molecule has 2 aromatic carbocycles. The molecule has 0 aliphatic rings. The zero-order valence-electron chi connectivity index (χ0n) is 12.7. The van der Waals surface area contributed by atoms with Gasteiger partial charge in [-0.1, -0.05) is 6.07 Å². The maximum atomic E-state index is 12.3. The van der Waals surface area contributed by atoms with Crippen LogP contribution in [0.15, 0.2) is 42.5 Å². The van der Waals surface area contributed by atoms with Crippen molar-refractivity contribution < 1.29 is 14.3 Å². The van der Waals surface area contributed by atoms with E-state index in [2.05, 4.69) is 27.9 Å². The van der Waals surface area contributed by atoms with Gasteiger partial charge in [0.2, 0.25) is 0 Å². The van der Waals surface area contributed by atoms with Crippen LogP contribution in [0.5, 0.6) is 11.5 Å². The molecule has 0 saturated heterocycles. The molecule has 4 nitrogen and oxygen atoms in total. The number of aryl methyl sites for hydroxylation is 1. The third kappa shape index (κ3) is 4.37. The van der Waals surface area contributed by atoms with Gasteiger partial charge in [0.1, 0.15) is 11.5 Å². The summed E-state index contributed by atoms with van der Waals surface area (Å²) in [4.78, 5) is 12.3. The fourth-order valence-electron chi connectivity index (χ4n) is 1.92. The van der Waals surface area contributed by atoms with Crippen LogP contribution in [-0.2, 0) is 4.79 Å². The molecule has 1 amide bonds. The lowest BCUT2D eigenvalue weighted by atomic mass is 10.2. The van der Waals surface area contributed by atoms with Crippen molar-refractivity contribution in [1.29, 1.82) is 0 Å². The molecule has 0 aliphatic heterocycles. The summed E-state index contributed by atoms with van der Waals surface area (Å²) in [6.07, 6.45) is -0.606. The second kappa shape index (κ2) is 7.49. The normalized spacial score (nSPS) is 11.6. The minimum Gasteiger partial charge on any atom is -0.495 e. The molecule has 2 rings (SSSR count). The number of carbonyl (C=O) groups is 1. The van der Waals surface area contributed by atoms with Crippen LogP contribution in [-0.4, -0.2) is 19.1 Å². The lowest BCUT2D eigenvalue weighted by Crippen LogP contribution is -2.30. The molecule has 0 fully saturated rings. The summed E-state index contributed by atoms with van der Waals surface area (Å²) >= 11 is 2.22. The van der Waals surface area contributed by atoms with Crippen molar-refractivity contribution in [1.82, 2.24) is 0 Å². The molecular weight excluding hydrogens is 393 g/mol. The van der Waals surface area contributed by atoms with E-state index in [0.717, 1.165) is 9.13 Å². The first-order valence-electron chi connectivity index (χ1n) is 6.87. The van der Waals surface area contributed by atoms with Gasteiger partial charge < -0.3 is 14.8 Å². The highest BCUT2D eigenvalue weighted by atomic mass is 127. The average Bonchev–Trinajstić information content (AvgIpc) is 2.49. The minimum absolute atomic E-state index is 0.220. The largest absolute Gasteiger partial charge is 0.495 e. The van der Waals surface area contributed by atoms with Crippen molar-refractivity contribution in [2.24, 2.45) is 0 Å². The van der Waals surface area contributed by atoms with Gasteiger partial charge in [-0.15, -0.1) is 0 Å². The third-order valence-electron chi connectivity index (χ3n) is 3.11. The molecular formula is C17H18INO3. The number of hydrogen-bond donors (Lipinski definition) is 1. The number of benzene rings is 2. The fraction of sp³-hybridized carbons (Fsp3) is 0.235. The maximum absolute atomic E-state index is 12.3. The summed E-state index contributed by atoms with van der Waals surface area (Å²) in [5.41, 5.74) is 1.69. The van der Waals surface area contributed by atoms with Crippen molar-refractivity contribution in [2.75, 3.05) is 12.4 Å². The summed E-state index contributed by atoms with van der Waals surface area (Å²) in [5.74, 6) is 1.07. The second-order valence-electron chi connectivity index (χ2n) is 4.91. The first-order valence-corrected chi connectivity index (χ1v) is 7.95. The highest BCUT2D eigenvalue weighted by molar-refractivity contribution is 14.1. The van der Waals surface area contributed by atoms with Crippen LogP contribution in [0.1, 0.15) is 12.5 Å². The molecule has 22 heavy (non-hydrogen) atoms. The van der Waals surface area contributed by atoms with Crippen molar-refractivity contribution in [3.05, 3.63) is 51.6 Å². The SMILES string of the molecule is COc1ccc(C)cc1NC(=O)C(C)Oc1ccc(I)cc1. The quantitative estimate of drug-likeness (QED) is 0.757. The molecule has 0 radical (unpaired) electrons. The van der Waals surface area contributed by atoms with Crippen LogP contribution in [0.25, 0.3) is 0 Å². The monoisotopic (exact) mass is 411 g/mol. The van der Waals surface area contributed by atoms with Gasteiger partial charge in [0.25, 0.3) is 5.91 Å². The lowest BCUT2D eigenvalue weighted by Gasteiger charge is -2.16. The van der Waals surface area contributed by atoms with E-state index >= 15 is 0 Å². The number of methoxy groups -OCH3 is 1. The first-order chi connectivity index (χ1) is 10.5. The van der Waals surface area contributed by atoms with Crippen LogP contribution in [0.4, 0.5) is 5.69 Å². The van der Waals surface area contributed by atoms with Crippen LogP contribution in [0.3, 0.4) is 0 Å². The number of halogens is 1. The van der Waals surface area contributed by atoms with Gasteiger partial charge >= 0.3 is 0 Å². The van der Waals surface area contributed by atoms with Gasteiger partial charge in [0.05, 0.1) is 12.8 Å². The Bertz CT molecular complexity index is 655. The number of hydrogen-bond acceptors (Lipinski definition) is 3. The zero-order chi connectivity index (χ0) is 16.1. The van der Waals surface area contributed by atoms with E-state index in [9.17, 15) is 4.79 Å². The molecule has 0 aliphatic carbocycles. The highest BCUT2D eigenvalue weighted by Crippen LogP contribution is 2.25. The van der Waals surface area contributed by atoms with E-state index in [1.54, 1.807) is 14.0 Å². The molecule has 0 aromatic heterocycles. The Morgan fingerprint density at radius 2 is 1.86 bits per heavy atom. The predicted octanol–water partition coefficient (Wildman–Crippen LogP) is 4.01. The third-order valence-corrected chi connectivity index (χ3v) is 3.83. The second-order valence-corrected chi connectivity index (χ2v) is 6.15. The summed E-state index contributed by atoms with van der Waals surface area (Å²) in [6, 6.07) is 13.2. The fourth-order valence-corrected chi connectivity index (χ4v) is 2.28. The van der Waals surface area contributed by atoms with E-state index in [1.165, 1.54) is 0 Å². The smallest absolute Gasteiger partial charge is 0.265 e. The Hall–Kier alpha value is -1.76. The van der Waals surface area contributed by atoms with Crippen molar-refractivity contribution in [2.45, 2.75) is 20.0 Å². The highest BCUT2D eigenvalue weighted by Gasteiger charge is 2.16. The topological polar surface area (TPSA) is 47.6 Å². The van der Waals surface area contributed by atoms with E-state index in [4.69, 9.17) is 9.47 Å². The van der Waals surface area contributed by atoms with Crippen LogP contribution in [0, 0.1) is 10.5 Å². The van der Waals surface area contributed by atoms with Crippen LogP contribution in [0.2, 0.25) is 0 Å². The van der Waals surface area contributed by atoms with Crippen molar-refractivity contribution >= 4 is 34.2 Å². The molecule has 0 saturated carbocycles. The van der Waals surface area contributed by atoms with Gasteiger partial charge in [-0.3, -0.25) is 4.79 Å². The molecule has 0 heterocycles. The predicted molar refractivity (Wildman–Crippen MR) is 95.6 cm³/mol. The molecule has 2 aromatic rings. The number of rotatable bonds is 5. The first kappa shape index (κ1) is 16.6. The number of ether oxygens (including phenoxy) is 2. The van der Waals surface area contributed by atoms with Crippen LogP contribution < -0.4 is 14.8 Å². The average molecular weight is 411 g/mol. The number of anilines is 1. The summed E-state index contributed by atoms with van der Waals surface area (Å²) in [5, 5.41) is 2.84. The van der Waals surface area contributed by atoms with Crippen LogP contribution >= 0.6 is 22.6 Å². The molecule has 116 valence electrons. The van der Waals surface area contributed by atoms with Gasteiger partial charge in [0, 0.05) is 3.57 Å². The summed E-state index contributed by atoms with van der Waals surface area (Å²) in [7, 11) is 1.58. The number of nitrogens with one attached hydrogen (secondary N) is 1. The van der Waals surface area contributed by atoms with Crippen molar-refractivity contribution in [3.8, 4) is 11.5 Å². The summed E-state index contributed by atoms with van der Waals surface area (Å²) in [6.45, 7) is 3.68. The molecule has 1 unspecified atom stereocenters. The van der Waals surface area contributed by atoms with E-state index in [-0.39, 0.29) is 5.91 Å². The molecule has 1 N–H and O–H groups in total. The standard InChI is InChI=1S/C17H18INO3/c1-11-4-9-16(21-3)15(10-11)19-17(20)12(2)22-14-7-5-13(18)6-8-14/h4-10,12H,1-3H3,(H,19,20). The Morgan fingerprint density at radius 1 is 1.18 bits per heavy atom.